The summed E-state index contributed by atoms with van der Waals surface area (Å²) in [7, 11) is 1.91. The number of carbonyl (C=O) groups excluding carboxylic acids is 6. The molecule has 2 heterocycles. The molecule has 1 N–H and O–H groups in total. The van der Waals surface area contributed by atoms with Gasteiger partial charge in [0.1, 0.15) is 17.0 Å². The fourth-order valence-corrected chi connectivity index (χ4v) is 8.29. The molecule has 0 saturated carbocycles. The monoisotopic (exact) mass is 807 g/mol. The predicted octanol–water partition coefficient (Wildman–Crippen LogP) is 4.31. The van der Waals surface area contributed by atoms with Crippen molar-refractivity contribution in [3.63, 3.8) is 0 Å². The van der Waals surface area contributed by atoms with E-state index in [1.165, 1.54) is 18.2 Å². The van der Waals surface area contributed by atoms with E-state index in [4.69, 9.17) is 37.9 Å². The summed E-state index contributed by atoms with van der Waals surface area (Å²) in [6.07, 6.45) is -6.11. The third-order valence-electron chi connectivity index (χ3n) is 10.4. The van der Waals surface area contributed by atoms with E-state index in [1.807, 2.05) is 7.05 Å². The highest BCUT2D eigenvalue weighted by atomic mass is 16.7. The molecule has 7 atom stereocenters. The van der Waals surface area contributed by atoms with Gasteiger partial charge in [-0.15, -0.1) is 0 Å². The summed E-state index contributed by atoms with van der Waals surface area (Å²) in [6.45, 7) is 12.3. The number of hydrogen-bond acceptors (Lipinski definition) is 16. The number of aliphatic hydroxyl groups is 1. The number of likely N-dealkylation sites (N-methyl/N-ethyl adjacent to an activating group) is 1. The Kier molecular flexibility index (Phi) is 11.2. The highest BCUT2D eigenvalue weighted by molar-refractivity contribution is 5.91. The van der Waals surface area contributed by atoms with E-state index in [0.717, 1.165) is 19.4 Å². The number of likely N-dealkylation sites (tertiary alicyclic amines) is 1. The molecule has 2 aromatic carbocycles. The molecule has 1 saturated heterocycles. The van der Waals surface area contributed by atoms with Crippen molar-refractivity contribution in [3.8, 4) is 11.5 Å². The molecule has 2 aliphatic carbocycles. The Hall–Kier alpha value is -5.48. The quantitative estimate of drug-likeness (QED) is 0.202. The molecule has 0 amide bonds. The molecular formula is C42H49NO15. The van der Waals surface area contributed by atoms with E-state index in [1.54, 1.807) is 71.9 Å². The number of esters is 5. The molecule has 6 rings (SSSR count). The van der Waals surface area contributed by atoms with Gasteiger partial charge in [0.2, 0.25) is 18.3 Å². The standard InChI is InChI=1S/C42H49NO15/c1-22(44)51-32(33(52-23(2)45)36(47)56-30(24-13-11-10-12-14-24)37(48)57-39(3,4)5)35(46)53-27-17-18-42(50)28-21-25-15-16-26(54-38(49)58-40(6,7)8)31-29(25)41(42,34(27)55-31)19-20-43(28)9/h10-17,28,30,32-34,50H,18-21H2,1-9H3/t28-,30-,32+,33+,34-,41-,42+/m0/s1. The molecule has 0 aromatic heterocycles. The fourth-order valence-electron chi connectivity index (χ4n) is 8.29. The minimum absolute atomic E-state index is 0.0111. The van der Waals surface area contributed by atoms with Crippen LogP contribution in [-0.2, 0) is 64.2 Å². The first-order valence-corrected chi connectivity index (χ1v) is 19.0. The highest BCUT2D eigenvalue weighted by Gasteiger charge is 2.72. The van der Waals surface area contributed by atoms with Crippen LogP contribution in [0, 0.1) is 0 Å². The minimum atomic E-state index is -2.26. The van der Waals surface area contributed by atoms with Gasteiger partial charge in [0.15, 0.2) is 17.6 Å². The Morgan fingerprint density at radius 1 is 0.810 bits per heavy atom. The van der Waals surface area contributed by atoms with Crippen molar-refractivity contribution in [2.75, 3.05) is 13.6 Å². The SMILES string of the molecule is CC(=O)O[C@@H](C(=O)OC1=CC[C@@]2(O)[C@@H]3Cc4ccc(OC(=O)OC(C)(C)C)c5c4[C@@]2(CCN3C)[C@H]1O5)[C@@H](OC(C)=O)C(=O)O[C@H](C(=O)OC(C)(C)C)c1ccccc1. The molecule has 2 aromatic rings. The number of rotatable bonds is 10. The Morgan fingerprint density at radius 2 is 1.43 bits per heavy atom. The van der Waals surface area contributed by atoms with Gasteiger partial charge in [-0.1, -0.05) is 36.4 Å². The summed E-state index contributed by atoms with van der Waals surface area (Å²) in [5.41, 5.74) is -2.89. The number of nitrogens with zero attached hydrogens (tertiary/aromatic N) is 1. The van der Waals surface area contributed by atoms with Crippen molar-refractivity contribution in [1.82, 2.24) is 4.90 Å². The van der Waals surface area contributed by atoms with Crippen LogP contribution in [0.2, 0.25) is 0 Å². The molecule has 2 bridgehead atoms. The summed E-state index contributed by atoms with van der Waals surface area (Å²) in [5.74, 6) is -5.77. The molecule has 0 radical (unpaired) electrons. The molecule has 4 aliphatic rings. The maximum Gasteiger partial charge on any atom is 0.514 e. The lowest BCUT2D eigenvalue weighted by Crippen LogP contribution is -2.74. The summed E-state index contributed by atoms with van der Waals surface area (Å²) < 4.78 is 45.2. The highest BCUT2D eigenvalue weighted by Crippen LogP contribution is 2.65. The molecule has 1 spiro atoms. The maximum absolute atomic E-state index is 14.3. The molecular weight excluding hydrogens is 758 g/mol. The average molecular weight is 808 g/mol. The van der Waals surface area contributed by atoms with Crippen LogP contribution >= 0.6 is 0 Å². The summed E-state index contributed by atoms with van der Waals surface area (Å²) in [4.78, 5) is 81.4. The molecule has 16 nitrogen and oxygen atoms in total. The zero-order chi connectivity index (χ0) is 42.5. The van der Waals surface area contributed by atoms with Gasteiger partial charge in [-0.05, 0) is 85.7 Å². The lowest BCUT2D eigenvalue weighted by Gasteiger charge is -2.61. The Morgan fingerprint density at radius 3 is 2.03 bits per heavy atom. The fraction of sp³-hybridized carbons (Fsp3) is 0.524. The van der Waals surface area contributed by atoms with E-state index < -0.39 is 82.6 Å². The van der Waals surface area contributed by atoms with Crippen LogP contribution in [0.15, 0.2) is 54.3 Å². The normalized spacial score (nSPS) is 24.6. The van der Waals surface area contributed by atoms with Crippen LogP contribution in [0.3, 0.4) is 0 Å². The number of hydrogen-bond donors (Lipinski definition) is 1. The van der Waals surface area contributed by atoms with Gasteiger partial charge in [-0.2, -0.15) is 0 Å². The second-order valence-corrected chi connectivity index (χ2v) is 16.9. The van der Waals surface area contributed by atoms with E-state index in [2.05, 4.69) is 4.90 Å². The van der Waals surface area contributed by atoms with Crippen molar-refractivity contribution in [3.05, 3.63) is 71.0 Å². The smallest absolute Gasteiger partial charge is 0.477 e. The second kappa shape index (κ2) is 15.4. The molecule has 16 heteroatoms. The van der Waals surface area contributed by atoms with Gasteiger partial charge in [0.05, 0.1) is 11.0 Å². The van der Waals surface area contributed by atoms with E-state index in [0.29, 0.717) is 24.9 Å². The predicted molar refractivity (Wildman–Crippen MR) is 200 cm³/mol. The molecule has 312 valence electrons. The zero-order valence-electron chi connectivity index (χ0n) is 33.9. The summed E-state index contributed by atoms with van der Waals surface area (Å²) in [6, 6.07) is 10.9. The van der Waals surface area contributed by atoms with E-state index in [9.17, 15) is 33.9 Å². The number of benzene rings is 2. The van der Waals surface area contributed by atoms with Gasteiger partial charge < -0.3 is 47.9 Å². The first-order chi connectivity index (χ1) is 27.0. The summed E-state index contributed by atoms with van der Waals surface area (Å²) >= 11 is 0. The van der Waals surface area contributed by atoms with Crippen LogP contribution in [0.5, 0.6) is 11.5 Å². The van der Waals surface area contributed by atoms with Gasteiger partial charge >= 0.3 is 36.0 Å². The van der Waals surface area contributed by atoms with Crippen molar-refractivity contribution >= 4 is 36.0 Å². The Bertz CT molecular complexity index is 2030. The van der Waals surface area contributed by atoms with Crippen molar-refractivity contribution in [2.24, 2.45) is 0 Å². The van der Waals surface area contributed by atoms with Gasteiger partial charge in [-0.25, -0.2) is 19.2 Å². The molecule has 2 aliphatic heterocycles. The maximum atomic E-state index is 14.3. The number of ether oxygens (including phenoxy) is 8. The third kappa shape index (κ3) is 7.99. The van der Waals surface area contributed by atoms with Crippen LogP contribution in [0.4, 0.5) is 4.79 Å². The zero-order valence-corrected chi connectivity index (χ0v) is 33.9. The lowest BCUT2D eigenvalue weighted by molar-refractivity contribution is -0.197. The third-order valence-corrected chi connectivity index (χ3v) is 10.4. The van der Waals surface area contributed by atoms with Crippen LogP contribution in [-0.4, -0.2) is 101 Å². The lowest BCUT2D eigenvalue weighted by atomic mass is 9.50. The first kappa shape index (κ1) is 42.1. The number of carbonyl (C=O) groups is 6. The Balaban J connectivity index is 1.35. The largest absolute Gasteiger partial charge is 0.514 e. The molecule has 1 fully saturated rings. The van der Waals surface area contributed by atoms with Crippen LogP contribution in [0.25, 0.3) is 0 Å². The second-order valence-electron chi connectivity index (χ2n) is 16.9. The van der Waals surface area contributed by atoms with Gasteiger partial charge in [0, 0.05) is 37.4 Å². The van der Waals surface area contributed by atoms with Crippen molar-refractivity contribution in [1.29, 1.82) is 0 Å². The van der Waals surface area contributed by atoms with E-state index >= 15 is 0 Å². The van der Waals surface area contributed by atoms with E-state index in [-0.39, 0.29) is 35.3 Å². The van der Waals surface area contributed by atoms with Crippen molar-refractivity contribution < 1.29 is 71.8 Å². The topological polar surface area (TPSA) is 200 Å². The minimum Gasteiger partial charge on any atom is -0.477 e. The Labute approximate surface area is 335 Å². The van der Waals surface area contributed by atoms with Crippen molar-refractivity contribution in [2.45, 2.75) is 127 Å². The molecule has 58 heavy (non-hydrogen) atoms. The van der Waals surface area contributed by atoms with Gasteiger partial charge in [-0.3, -0.25) is 9.59 Å². The summed E-state index contributed by atoms with van der Waals surface area (Å²) in [5, 5.41) is 12.7. The van der Waals surface area contributed by atoms with Gasteiger partial charge in [0.25, 0.3) is 0 Å². The average Bonchev–Trinajstić information content (AvgIpc) is 3.47. The number of piperidine rings is 1. The molecule has 0 unspecified atom stereocenters. The van der Waals surface area contributed by atoms with Crippen LogP contribution < -0.4 is 9.47 Å². The van der Waals surface area contributed by atoms with Crippen LogP contribution in [0.1, 0.15) is 91.0 Å². The first-order valence-electron chi connectivity index (χ1n) is 19.0.